The fourth-order valence-electron chi connectivity index (χ4n) is 2.93. The average Bonchev–Trinajstić information content (AvgIpc) is 3.08. The zero-order valence-electron chi connectivity index (χ0n) is 11.9. The summed E-state index contributed by atoms with van der Waals surface area (Å²) in [5.74, 6) is -4.09. The number of alkyl halides is 3. The Balaban J connectivity index is 1.85. The normalized spacial score (nSPS) is 28.2. The summed E-state index contributed by atoms with van der Waals surface area (Å²) in [6, 6.07) is 2.52. The number of amides is 1. The molecule has 24 heavy (non-hydrogen) atoms. The molecule has 1 amide bonds. The molecule has 0 saturated carbocycles. The highest BCUT2D eigenvalue weighted by Crippen LogP contribution is 2.40. The van der Waals surface area contributed by atoms with E-state index in [9.17, 15) is 27.9 Å². The van der Waals surface area contributed by atoms with Gasteiger partial charge in [0.25, 0.3) is 0 Å². The number of anilines is 1. The lowest BCUT2D eigenvalue weighted by molar-refractivity contribution is -0.145. The molecule has 0 radical (unpaired) electrons. The van der Waals surface area contributed by atoms with E-state index in [0.29, 0.717) is 6.07 Å². The molecular weight excluding hydrogens is 351 g/mol. The van der Waals surface area contributed by atoms with Crippen molar-refractivity contribution < 1.29 is 32.6 Å². The number of carbonyl (C=O) groups excluding carboxylic acids is 1. The summed E-state index contributed by atoms with van der Waals surface area (Å²) in [7, 11) is 0. The lowest BCUT2D eigenvalue weighted by atomic mass is 9.82. The number of carboxylic acid groups (broad SMARTS) is 1. The summed E-state index contributed by atoms with van der Waals surface area (Å²) in [4.78, 5) is 23.7. The van der Waals surface area contributed by atoms with Gasteiger partial charge in [0.05, 0.1) is 34.4 Å². The van der Waals surface area contributed by atoms with Gasteiger partial charge in [0.2, 0.25) is 5.91 Å². The minimum atomic E-state index is -4.59. The Morgan fingerprint density at radius 2 is 1.79 bits per heavy atom. The molecule has 1 saturated heterocycles. The van der Waals surface area contributed by atoms with Crippen LogP contribution in [0.4, 0.5) is 18.9 Å². The summed E-state index contributed by atoms with van der Waals surface area (Å²) in [5, 5.41) is 11.5. The van der Waals surface area contributed by atoms with E-state index in [2.05, 4.69) is 5.32 Å². The average molecular weight is 362 g/mol. The third-order valence-corrected chi connectivity index (χ3v) is 4.37. The standard InChI is InChI=1S/C15H11ClF3NO4/c16-7-2-1-6(15(17,18)19)5-8(7)20-13(21)11-9-3-4-10(24-9)12(11)14(22)23/h1-5,9-12H,(H,20,21)(H,22,23)/t9-,10-,11-,12+/m1/s1. The van der Waals surface area contributed by atoms with Crippen molar-refractivity contribution in [3.05, 3.63) is 40.9 Å². The van der Waals surface area contributed by atoms with E-state index in [1.807, 2.05) is 0 Å². The van der Waals surface area contributed by atoms with Crippen LogP contribution in [0.3, 0.4) is 0 Å². The number of hydrogen-bond acceptors (Lipinski definition) is 3. The summed E-state index contributed by atoms with van der Waals surface area (Å²) in [6.45, 7) is 0. The minimum absolute atomic E-state index is 0.0807. The van der Waals surface area contributed by atoms with E-state index in [4.69, 9.17) is 16.3 Å². The fourth-order valence-corrected chi connectivity index (χ4v) is 3.09. The lowest BCUT2D eigenvalue weighted by Gasteiger charge is -2.21. The number of fused-ring (bicyclic) bond motifs is 2. The van der Waals surface area contributed by atoms with Crippen LogP contribution in [-0.2, 0) is 20.5 Å². The van der Waals surface area contributed by atoms with Crippen molar-refractivity contribution in [3.8, 4) is 0 Å². The van der Waals surface area contributed by atoms with Gasteiger partial charge in [0, 0.05) is 0 Å². The summed E-state index contributed by atoms with van der Waals surface area (Å²) >= 11 is 5.83. The molecule has 1 aromatic rings. The van der Waals surface area contributed by atoms with Gasteiger partial charge in [-0.1, -0.05) is 23.8 Å². The number of nitrogens with one attached hydrogen (secondary N) is 1. The zero-order valence-corrected chi connectivity index (χ0v) is 12.6. The molecule has 1 aromatic carbocycles. The maximum Gasteiger partial charge on any atom is 0.416 e. The topological polar surface area (TPSA) is 75.6 Å². The molecule has 2 aliphatic rings. The molecule has 2 heterocycles. The van der Waals surface area contributed by atoms with Gasteiger partial charge in [0.1, 0.15) is 5.92 Å². The van der Waals surface area contributed by atoms with Crippen molar-refractivity contribution in [1.82, 2.24) is 0 Å². The first-order valence-electron chi connectivity index (χ1n) is 6.92. The van der Waals surface area contributed by atoms with Gasteiger partial charge >= 0.3 is 12.1 Å². The van der Waals surface area contributed by atoms with Gasteiger partial charge in [-0.05, 0) is 18.2 Å². The minimum Gasteiger partial charge on any atom is -0.481 e. The number of benzene rings is 1. The van der Waals surface area contributed by atoms with E-state index < -0.39 is 47.7 Å². The molecule has 0 unspecified atom stereocenters. The first-order valence-corrected chi connectivity index (χ1v) is 7.30. The van der Waals surface area contributed by atoms with Crippen molar-refractivity contribution >= 4 is 29.2 Å². The van der Waals surface area contributed by atoms with Gasteiger partial charge in [-0.25, -0.2) is 0 Å². The zero-order chi connectivity index (χ0) is 17.6. The number of ether oxygens (including phenoxy) is 1. The predicted octanol–water partition coefficient (Wildman–Crippen LogP) is 2.95. The Labute approximate surface area is 139 Å². The molecule has 9 heteroatoms. The molecule has 3 rings (SSSR count). The van der Waals surface area contributed by atoms with Crippen molar-refractivity contribution in [3.63, 3.8) is 0 Å². The van der Waals surface area contributed by atoms with E-state index in [0.717, 1.165) is 12.1 Å². The van der Waals surface area contributed by atoms with Crippen LogP contribution >= 0.6 is 11.6 Å². The van der Waals surface area contributed by atoms with Crippen LogP contribution < -0.4 is 5.32 Å². The lowest BCUT2D eigenvalue weighted by Crippen LogP contribution is -2.39. The second kappa shape index (κ2) is 5.78. The molecule has 2 bridgehead atoms. The molecule has 0 aromatic heterocycles. The maximum absolute atomic E-state index is 12.8. The molecule has 4 atom stereocenters. The number of rotatable bonds is 3. The highest BCUT2D eigenvalue weighted by atomic mass is 35.5. The fraction of sp³-hybridized carbons (Fsp3) is 0.333. The highest BCUT2D eigenvalue weighted by molar-refractivity contribution is 6.33. The van der Waals surface area contributed by atoms with Crippen molar-refractivity contribution in [1.29, 1.82) is 0 Å². The number of carboxylic acids is 1. The summed E-state index contributed by atoms with van der Waals surface area (Å²) in [6.07, 6.45) is -2.90. The molecule has 2 N–H and O–H groups in total. The van der Waals surface area contributed by atoms with E-state index >= 15 is 0 Å². The van der Waals surface area contributed by atoms with Gasteiger partial charge in [-0.15, -0.1) is 0 Å². The van der Waals surface area contributed by atoms with E-state index in [1.165, 1.54) is 0 Å². The van der Waals surface area contributed by atoms with Crippen LogP contribution in [0.15, 0.2) is 30.4 Å². The molecule has 0 aliphatic carbocycles. The van der Waals surface area contributed by atoms with Crippen molar-refractivity contribution in [2.45, 2.75) is 18.4 Å². The van der Waals surface area contributed by atoms with Crippen LogP contribution in [-0.4, -0.2) is 29.2 Å². The second-order valence-electron chi connectivity index (χ2n) is 5.52. The molecule has 5 nitrogen and oxygen atoms in total. The Morgan fingerprint density at radius 3 is 2.38 bits per heavy atom. The maximum atomic E-state index is 12.8. The van der Waals surface area contributed by atoms with Crippen LogP contribution in [0.1, 0.15) is 5.56 Å². The number of hydrogen-bond donors (Lipinski definition) is 2. The van der Waals surface area contributed by atoms with Gasteiger partial charge in [-0.3, -0.25) is 9.59 Å². The smallest absolute Gasteiger partial charge is 0.416 e. The molecule has 1 fully saturated rings. The molecule has 0 spiro atoms. The highest BCUT2D eigenvalue weighted by Gasteiger charge is 2.53. The van der Waals surface area contributed by atoms with Gasteiger partial charge in [0.15, 0.2) is 0 Å². The predicted molar refractivity (Wildman–Crippen MR) is 77.5 cm³/mol. The molecular formula is C15H11ClF3NO4. The van der Waals surface area contributed by atoms with E-state index in [-0.39, 0.29) is 10.7 Å². The quantitative estimate of drug-likeness (QED) is 0.812. The van der Waals surface area contributed by atoms with Gasteiger partial charge < -0.3 is 15.2 Å². The van der Waals surface area contributed by atoms with E-state index in [1.54, 1.807) is 12.2 Å². The Morgan fingerprint density at radius 1 is 1.17 bits per heavy atom. The largest absolute Gasteiger partial charge is 0.481 e. The van der Waals surface area contributed by atoms with Crippen LogP contribution in [0.25, 0.3) is 0 Å². The third-order valence-electron chi connectivity index (χ3n) is 4.04. The Kier molecular flexibility index (Phi) is 4.05. The summed E-state index contributed by atoms with van der Waals surface area (Å²) in [5.41, 5.74) is -1.20. The number of aliphatic carboxylic acids is 1. The number of halogens is 4. The van der Waals surface area contributed by atoms with Crippen LogP contribution in [0.2, 0.25) is 5.02 Å². The third kappa shape index (κ3) is 2.87. The molecule has 2 aliphatic heterocycles. The van der Waals surface area contributed by atoms with Crippen molar-refractivity contribution in [2.75, 3.05) is 5.32 Å². The monoisotopic (exact) mass is 361 g/mol. The second-order valence-corrected chi connectivity index (χ2v) is 5.93. The van der Waals surface area contributed by atoms with Crippen LogP contribution in [0.5, 0.6) is 0 Å². The Bertz CT molecular complexity index is 734. The first-order chi connectivity index (χ1) is 11.2. The Hall–Kier alpha value is -2.06. The van der Waals surface area contributed by atoms with Crippen LogP contribution in [0, 0.1) is 11.8 Å². The first kappa shape index (κ1) is 16.8. The summed E-state index contributed by atoms with van der Waals surface area (Å²) < 4.78 is 43.7. The number of carbonyl (C=O) groups is 2. The SMILES string of the molecule is O=C(O)[C@@H]1[C@H](C(=O)Nc2cc(C(F)(F)F)ccc2Cl)[C@H]2C=C[C@H]1O2. The van der Waals surface area contributed by atoms with Gasteiger partial charge in [-0.2, -0.15) is 13.2 Å². The van der Waals surface area contributed by atoms with Crippen molar-refractivity contribution in [2.24, 2.45) is 11.8 Å². The molecule has 128 valence electrons.